The molecule has 4 bridgehead atoms. The zero-order valence-electron chi connectivity index (χ0n) is 12.6. The van der Waals surface area contributed by atoms with Gasteiger partial charge in [0.1, 0.15) is 0 Å². The fourth-order valence-electron chi connectivity index (χ4n) is 5.11. The maximum absolute atomic E-state index is 12.6. The molecule has 4 aliphatic carbocycles. The Hall–Kier alpha value is -1.06. The molecule has 0 spiro atoms. The predicted molar refractivity (Wildman–Crippen MR) is 76.9 cm³/mol. The van der Waals surface area contributed by atoms with E-state index in [0.29, 0.717) is 0 Å². The average molecular weight is 278 g/mol. The molecule has 0 aromatic rings. The molecule has 2 amide bonds. The summed E-state index contributed by atoms with van der Waals surface area (Å²) in [5.74, 6) is 2.33. The highest BCUT2D eigenvalue weighted by Gasteiger charge is 2.54. The van der Waals surface area contributed by atoms with Crippen LogP contribution in [0.5, 0.6) is 0 Å². The molecule has 20 heavy (non-hydrogen) atoms. The third-order valence-corrected chi connectivity index (χ3v) is 5.38. The fourth-order valence-corrected chi connectivity index (χ4v) is 5.11. The van der Waals surface area contributed by atoms with Gasteiger partial charge < -0.3 is 10.6 Å². The largest absolute Gasteiger partial charge is 0.352 e. The van der Waals surface area contributed by atoms with Crippen LogP contribution in [0.1, 0.15) is 52.4 Å². The Labute approximate surface area is 121 Å². The van der Waals surface area contributed by atoms with Crippen LogP contribution in [0.2, 0.25) is 0 Å². The Morgan fingerprint density at radius 1 is 1.05 bits per heavy atom. The topological polar surface area (TPSA) is 58.2 Å². The molecule has 2 N–H and O–H groups in total. The van der Waals surface area contributed by atoms with Gasteiger partial charge in [-0.15, -0.1) is 0 Å². The first-order chi connectivity index (χ1) is 9.47. The third-order valence-electron chi connectivity index (χ3n) is 5.38. The normalized spacial score (nSPS) is 38.0. The van der Waals surface area contributed by atoms with Crippen LogP contribution in [0, 0.1) is 23.2 Å². The van der Waals surface area contributed by atoms with E-state index in [0.717, 1.165) is 37.0 Å². The van der Waals surface area contributed by atoms with Gasteiger partial charge in [-0.2, -0.15) is 0 Å². The summed E-state index contributed by atoms with van der Waals surface area (Å²) in [6.45, 7) is 3.98. The summed E-state index contributed by atoms with van der Waals surface area (Å²) in [7, 11) is 0. The van der Waals surface area contributed by atoms with Crippen LogP contribution in [0.25, 0.3) is 0 Å². The van der Waals surface area contributed by atoms with Crippen molar-refractivity contribution < 1.29 is 9.59 Å². The van der Waals surface area contributed by atoms with E-state index in [4.69, 9.17) is 0 Å². The Balaban J connectivity index is 1.58. The van der Waals surface area contributed by atoms with Crippen LogP contribution in [0.4, 0.5) is 0 Å². The zero-order chi connectivity index (χ0) is 14.3. The van der Waals surface area contributed by atoms with Gasteiger partial charge in [0.2, 0.25) is 11.8 Å². The van der Waals surface area contributed by atoms with E-state index in [9.17, 15) is 9.59 Å². The highest BCUT2D eigenvalue weighted by atomic mass is 16.2. The molecule has 0 aliphatic heterocycles. The van der Waals surface area contributed by atoms with Crippen molar-refractivity contribution >= 4 is 11.8 Å². The monoisotopic (exact) mass is 278 g/mol. The molecule has 0 aromatic heterocycles. The van der Waals surface area contributed by atoms with Crippen LogP contribution in [-0.4, -0.2) is 24.4 Å². The van der Waals surface area contributed by atoms with E-state index in [1.165, 1.54) is 19.3 Å². The van der Waals surface area contributed by atoms with Crippen molar-refractivity contribution in [2.75, 3.05) is 6.54 Å². The van der Waals surface area contributed by atoms with Crippen molar-refractivity contribution in [1.82, 2.24) is 10.6 Å². The molecule has 4 aliphatic rings. The zero-order valence-corrected chi connectivity index (χ0v) is 12.6. The lowest BCUT2D eigenvalue weighted by atomic mass is 9.49. The lowest BCUT2D eigenvalue weighted by molar-refractivity contribution is -0.147. The molecule has 0 heterocycles. The number of carbonyl (C=O) groups is 2. The quantitative estimate of drug-likeness (QED) is 0.824. The minimum Gasteiger partial charge on any atom is -0.352 e. The van der Waals surface area contributed by atoms with Gasteiger partial charge in [-0.1, -0.05) is 0 Å². The Morgan fingerprint density at radius 3 is 2.00 bits per heavy atom. The highest BCUT2D eigenvalue weighted by molar-refractivity contribution is 5.88. The Morgan fingerprint density at radius 2 is 1.55 bits per heavy atom. The van der Waals surface area contributed by atoms with E-state index in [1.807, 2.05) is 13.8 Å². The summed E-state index contributed by atoms with van der Waals surface area (Å²) >= 11 is 0. The SMILES string of the molecule is CC(C)NC(=O)CNC(=O)C12CC3CC(CC(C3)C1)C2. The van der Waals surface area contributed by atoms with Gasteiger partial charge >= 0.3 is 0 Å². The van der Waals surface area contributed by atoms with Crippen molar-refractivity contribution in [2.45, 2.75) is 58.4 Å². The summed E-state index contributed by atoms with van der Waals surface area (Å²) in [6.07, 6.45) is 7.16. The van der Waals surface area contributed by atoms with Crippen LogP contribution in [0.15, 0.2) is 0 Å². The fraction of sp³-hybridized carbons (Fsp3) is 0.875. The lowest BCUT2D eigenvalue weighted by Gasteiger charge is -2.55. The number of nitrogens with one attached hydrogen (secondary N) is 2. The predicted octanol–water partition coefficient (Wildman–Crippen LogP) is 1.84. The van der Waals surface area contributed by atoms with Gasteiger partial charge in [0, 0.05) is 11.5 Å². The third kappa shape index (κ3) is 2.57. The molecule has 4 rings (SSSR count). The first kappa shape index (κ1) is 13.9. The summed E-state index contributed by atoms with van der Waals surface area (Å²) in [4.78, 5) is 24.3. The first-order valence-corrected chi connectivity index (χ1v) is 8.04. The van der Waals surface area contributed by atoms with Crippen molar-refractivity contribution in [3.8, 4) is 0 Å². The number of hydrogen-bond acceptors (Lipinski definition) is 2. The van der Waals surface area contributed by atoms with Gasteiger partial charge in [0.25, 0.3) is 0 Å². The molecule has 112 valence electrons. The molecule has 0 saturated heterocycles. The van der Waals surface area contributed by atoms with Crippen molar-refractivity contribution in [3.05, 3.63) is 0 Å². The standard InChI is InChI=1S/C16H26N2O2/c1-10(2)18-14(19)9-17-15(20)16-6-11-3-12(7-16)5-13(4-11)8-16/h10-13H,3-9H2,1-2H3,(H,17,20)(H,18,19). The summed E-state index contributed by atoms with van der Waals surface area (Å²) < 4.78 is 0. The van der Waals surface area contributed by atoms with Crippen LogP contribution in [0.3, 0.4) is 0 Å². The van der Waals surface area contributed by atoms with Crippen LogP contribution >= 0.6 is 0 Å². The summed E-state index contributed by atoms with van der Waals surface area (Å²) in [5.41, 5.74) is -0.146. The first-order valence-electron chi connectivity index (χ1n) is 8.04. The van der Waals surface area contributed by atoms with Crippen molar-refractivity contribution in [2.24, 2.45) is 23.2 Å². The number of amides is 2. The molecule has 0 aromatic carbocycles. The van der Waals surface area contributed by atoms with E-state index in [1.54, 1.807) is 0 Å². The molecule has 4 nitrogen and oxygen atoms in total. The average Bonchev–Trinajstić information content (AvgIpc) is 2.33. The molecule has 0 unspecified atom stereocenters. The maximum atomic E-state index is 12.6. The molecule has 0 radical (unpaired) electrons. The van der Waals surface area contributed by atoms with Gasteiger partial charge in [-0.05, 0) is 70.1 Å². The van der Waals surface area contributed by atoms with E-state index in [2.05, 4.69) is 10.6 Å². The second-order valence-corrected chi connectivity index (χ2v) is 7.60. The minimum atomic E-state index is -0.146. The molecule has 0 atom stereocenters. The van der Waals surface area contributed by atoms with Gasteiger partial charge in [0.05, 0.1) is 6.54 Å². The van der Waals surface area contributed by atoms with Crippen LogP contribution in [-0.2, 0) is 9.59 Å². The van der Waals surface area contributed by atoms with Crippen LogP contribution < -0.4 is 10.6 Å². The lowest BCUT2D eigenvalue weighted by Crippen LogP contribution is -2.54. The smallest absolute Gasteiger partial charge is 0.239 e. The molecular formula is C16H26N2O2. The maximum Gasteiger partial charge on any atom is 0.239 e. The molecular weight excluding hydrogens is 252 g/mol. The highest BCUT2D eigenvalue weighted by Crippen LogP contribution is 2.60. The van der Waals surface area contributed by atoms with Gasteiger partial charge in [-0.25, -0.2) is 0 Å². The molecule has 4 fully saturated rings. The number of rotatable bonds is 4. The van der Waals surface area contributed by atoms with Crippen molar-refractivity contribution in [1.29, 1.82) is 0 Å². The van der Waals surface area contributed by atoms with E-state index in [-0.39, 0.29) is 29.8 Å². The second kappa shape index (κ2) is 5.05. The minimum absolute atomic E-state index is 0.0851. The van der Waals surface area contributed by atoms with Gasteiger partial charge in [-0.3, -0.25) is 9.59 Å². The second-order valence-electron chi connectivity index (χ2n) is 7.60. The van der Waals surface area contributed by atoms with E-state index >= 15 is 0 Å². The number of hydrogen-bond donors (Lipinski definition) is 2. The molecule has 4 heteroatoms. The molecule has 4 saturated carbocycles. The van der Waals surface area contributed by atoms with Crippen molar-refractivity contribution in [3.63, 3.8) is 0 Å². The van der Waals surface area contributed by atoms with Gasteiger partial charge in [0.15, 0.2) is 0 Å². The Bertz CT molecular complexity index is 381. The summed E-state index contributed by atoms with van der Waals surface area (Å²) in [5, 5.41) is 5.71. The number of carbonyl (C=O) groups excluding carboxylic acids is 2. The summed E-state index contributed by atoms with van der Waals surface area (Å²) in [6, 6.07) is 0.124. The Kier molecular flexibility index (Phi) is 3.51. The van der Waals surface area contributed by atoms with E-state index < -0.39 is 0 Å².